The number of aromatic nitrogens is 1. The number of carbonyl (C=O) groups is 1. The largest absolute Gasteiger partial charge is 0.497 e. The highest BCUT2D eigenvalue weighted by atomic mass is 32.2. The lowest BCUT2D eigenvalue weighted by Gasteiger charge is -2.40. The summed E-state index contributed by atoms with van der Waals surface area (Å²) < 4.78 is 28.9. The van der Waals surface area contributed by atoms with Crippen molar-refractivity contribution in [2.24, 2.45) is 0 Å². The topological polar surface area (TPSA) is 88.6 Å². The maximum Gasteiger partial charge on any atom is 0.255 e. The first-order chi connectivity index (χ1) is 14.9. The highest BCUT2D eigenvalue weighted by Crippen LogP contribution is 2.52. The Morgan fingerprint density at radius 1 is 1.10 bits per heavy atom. The second-order valence-electron chi connectivity index (χ2n) is 8.70. The van der Waals surface area contributed by atoms with E-state index in [2.05, 4.69) is 10.3 Å². The number of pyridine rings is 1. The number of nitrogens with zero attached hydrogens (tertiary/aromatic N) is 2. The summed E-state index contributed by atoms with van der Waals surface area (Å²) >= 11 is 0. The molecule has 1 aromatic carbocycles. The number of amides is 1. The van der Waals surface area contributed by atoms with Crippen molar-refractivity contribution in [2.75, 3.05) is 37.0 Å². The molecule has 1 aliphatic heterocycles. The number of sulfone groups is 1. The lowest BCUT2D eigenvalue weighted by atomic mass is 9.66. The van der Waals surface area contributed by atoms with Crippen LogP contribution in [-0.4, -0.2) is 55.9 Å². The standard InChI is InChI=1S/C23H27N3O4S/c1-30-18-4-2-3-17(13-18)25-22-21-16-7-5-15(6-8-16)20(21)19(14-24-22)23(27)26-9-11-31(28,29)12-10-26/h2-4,13-16H,5-12H2,1H3,(H,24,25). The van der Waals surface area contributed by atoms with E-state index in [0.717, 1.165) is 48.5 Å². The Kier molecular flexibility index (Phi) is 5.12. The van der Waals surface area contributed by atoms with Crippen LogP contribution in [0.2, 0.25) is 0 Å². The summed E-state index contributed by atoms with van der Waals surface area (Å²) in [7, 11) is -1.39. The predicted octanol–water partition coefficient (Wildman–Crippen LogP) is 3.46. The van der Waals surface area contributed by atoms with Crippen LogP contribution in [0.15, 0.2) is 30.5 Å². The first kappa shape index (κ1) is 20.3. The number of nitrogens with one attached hydrogen (secondary N) is 1. The molecule has 1 N–H and O–H groups in total. The highest BCUT2D eigenvalue weighted by molar-refractivity contribution is 7.91. The molecular formula is C23H27N3O4S. The Morgan fingerprint density at radius 3 is 2.45 bits per heavy atom. The van der Waals surface area contributed by atoms with Gasteiger partial charge in [-0.1, -0.05) is 6.07 Å². The van der Waals surface area contributed by atoms with Gasteiger partial charge in [0, 0.05) is 36.6 Å². The van der Waals surface area contributed by atoms with Crippen molar-refractivity contribution in [3.63, 3.8) is 0 Å². The summed E-state index contributed by atoms with van der Waals surface area (Å²) in [6.45, 7) is 0.516. The number of anilines is 2. The van der Waals surface area contributed by atoms with E-state index in [4.69, 9.17) is 4.74 Å². The fourth-order valence-corrected chi connectivity index (χ4v) is 6.46. The summed E-state index contributed by atoms with van der Waals surface area (Å²) in [6, 6.07) is 7.74. The fourth-order valence-electron chi connectivity index (χ4n) is 5.26. The Hall–Kier alpha value is -2.61. The van der Waals surface area contributed by atoms with Crippen molar-refractivity contribution >= 4 is 27.2 Å². The zero-order chi connectivity index (χ0) is 21.6. The van der Waals surface area contributed by atoms with E-state index in [-0.39, 0.29) is 30.5 Å². The number of carbonyl (C=O) groups excluding carboxylic acids is 1. The number of rotatable bonds is 4. The molecule has 0 radical (unpaired) electrons. The molecule has 6 rings (SSSR count). The van der Waals surface area contributed by atoms with Gasteiger partial charge in [0.2, 0.25) is 0 Å². The van der Waals surface area contributed by atoms with Gasteiger partial charge < -0.3 is 15.0 Å². The van der Waals surface area contributed by atoms with E-state index in [1.165, 1.54) is 5.56 Å². The second-order valence-corrected chi connectivity index (χ2v) is 11.0. The molecule has 0 unspecified atom stereocenters. The summed E-state index contributed by atoms with van der Waals surface area (Å²) in [5.74, 6) is 2.34. The minimum atomic E-state index is -3.03. The van der Waals surface area contributed by atoms with Crippen LogP contribution in [0, 0.1) is 0 Å². The first-order valence-corrected chi connectivity index (χ1v) is 12.7. The number of benzene rings is 1. The van der Waals surface area contributed by atoms with Crippen LogP contribution >= 0.6 is 0 Å². The number of hydrogen-bond donors (Lipinski definition) is 1. The van der Waals surface area contributed by atoms with Gasteiger partial charge in [0.25, 0.3) is 5.91 Å². The van der Waals surface area contributed by atoms with Crippen LogP contribution < -0.4 is 10.1 Å². The van der Waals surface area contributed by atoms with Crippen LogP contribution in [0.4, 0.5) is 11.5 Å². The van der Waals surface area contributed by atoms with E-state index in [1.807, 2.05) is 24.3 Å². The first-order valence-electron chi connectivity index (χ1n) is 10.9. The van der Waals surface area contributed by atoms with Gasteiger partial charge in [0.15, 0.2) is 9.84 Å². The molecule has 164 valence electrons. The molecule has 1 saturated carbocycles. The van der Waals surface area contributed by atoms with Crippen LogP contribution in [0.25, 0.3) is 0 Å². The minimum Gasteiger partial charge on any atom is -0.497 e. The lowest BCUT2D eigenvalue weighted by molar-refractivity contribution is 0.0767. The smallest absolute Gasteiger partial charge is 0.255 e. The van der Waals surface area contributed by atoms with Gasteiger partial charge in [-0.25, -0.2) is 13.4 Å². The summed E-state index contributed by atoms with van der Waals surface area (Å²) in [6.07, 6.45) is 6.11. The van der Waals surface area contributed by atoms with Crippen molar-refractivity contribution in [3.8, 4) is 5.75 Å². The molecule has 0 atom stereocenters. The van der Waals surface area contributed by atoms with Crippen molar-refractivity contribution in [3.05, 3.63) is 47.2 Å². The Bertz CT molecular complexity index is 1110. The molecule has 1 amide bonds. The molecule has 1 saturated heterocycles. The molecule has 7 nitrogen and oxygen atoms in total. The molecule has 8 heteroatoms. The van der Waals surface area contributed by atoms with Crippen molar-refractivity contribution in [2.45, 2.75) is 37.5 Å². The zero-order valence-electron chi connectivity index (χ0n) is 17.6. The van der Waals surface area contributed by atoms with E-state index >= 15 is 0 Å². The van der Waals surface area contributed by atoms with Crippen molar-refractivity contribution < 1.29 is 17.9 Å². The molecule has 1 aromatic heterocycles. The summed E-state index contributed by atoms with van der Waals surface area (Å²) in [4.78, 5) is 19.7. The van der Waals surface area contributed by atoms with Crippen molar-refractivity contribution in [1.29, 1.82) is 0 Å². The lowest BCUT2D eigenvalue weighted by Crippen LogP contribution is -2.44. The molecule has 0 spiro atoms. The van der Waals surface area contributed by atoms with Gasteiger partial charge in [0.1, 0.15) is 11.6 Å². The molecule has 2 heterocycles. The van der Waals surface area contributed by atoms with E-state index in [0.29, 0.717) is 17.4 Å². The number of hydrogen-bond acceptors (Lipinski definition) is 6. The SMILES string of the molecule is COc1cccc(Nc2ncc(C(=O)N3CCS(=O)(=O)CC3)c3c2C2CCC3CC2)c1. The highest BCUT2D eigenvalue weighted by Gasteiger charge is 2.39. The fraction of sp³-hybridized carbons (Fsp3) is 0.478. The third-order valence-corrected chi connectivity index (χ3v) is 8.51. The van der Waals surface area contributed by atoms with Crippen LogP contribution in [-0.2, 0) is 9.84 Å². The number of methoxy groups -OCH3 is 1. The van der Waals surface area contributed by atoms with Crippen LogP contribution in [0.3, 0.4) is 0 Å². The van der Waals surface area contributed by atoms with Gasteiger partial charge in [-0.2, -0.15) is 0 Å². The van der Waals surface area contributed by atoms with Gasteiger partial charge in [0.05, 0.1) is 24.2 Å². The minimum absolute atomic E-state index is 0.0376. The van der Waals surface area contributed by atoms with Gasteiger partial charge in [-0.05, 0) is 55.2 Å². The van der Waals surface area contributed by atoms with Crippen molar-refractivity contribution in [1.82, 2.24) is 9.88 Å². The predicted molar refractivity (Wildman–Crippen MR) is 119 cm³/mol. The van der Waals surface area contributed by atoms with E-state index < -0.39 is 9.84 Å². The van der Waals surface area contributed by atoms with Crippen LogP contribution in [0.1, 0.15) is 59.0 Å². The summed E-state index contributed by atoms with van der Waals surface area (Å²) in [5.41, 5.74) is 3.85. The number of fused-ring (bicyclic) bond motifs is 2. The maximum absolute atomic E-state index is 13.4. The number of ether oxygens (including phenoxy) is 1. The van der Waals surface area contributed by atoms with Gasteiger partial charge >= 0.3 is 0 Å². The average molecular weight is 442 g/mol. The Morgan fingerprint density at radius 2 is 1.77 bits per heavy atom. The molecule has 2 aromatic rings. The normalized spacial score (nSPS) is 23.8. The maximum atomic E-state index is 13.4. The average Bonchev–Trinajstić information content (AvgIpc) is 2.79. The molecular weight excluding hydrogens is 414 g/mol. The van der Waals surface area contributed by atoms with Gasteiger partial charge in [-0.15, -0.1) is 0 Å². The molecule has 4 aliphatic rings. The third-order valence-electron chi connectivity index (χ3n) is 6.90. The zero-order valence-corrected chi connectivity index (χ0v) is 18.5. The Balaban J connectivity index is 1.51. The van der Waals surface area contributed by atoms with E-state index in [9.17, 15) is 13.2 Å². The van der Waals surface area contributed by atoms with E-state index in [1.54, 1.807) is 18.2 Å². The molecule has 31 heavy (non-hydrogen) atoms. The van der Waals surface area contributed by atoms with Crippen LogP contribution in [0.5, 0.6) is 5.75 Å². The molecule has 3 aliphatic carbocycles. The Labute approximate surface area is 182 Å². The monoisotopic (exact) mass is 441 g/mol. The quantitative estimate of drug-likeness (QED) is 0.782. The third kappa shape index (κ3) is 3.78. The molecule has 2 bridgehead atoms. The molecule has 2 fully saturated rings. The summed E-state index contributed by atoms with van der Waals surface area (Å²) in [5, 5.41) is 3.45. The van der Waals surface area contributed by atoms with Gasteiger partial charge in [-0.3, -0.25) is 4.79 Å². The second kappa shape index (κ2) is 7.82.